The van der Waals surface area contributed by atoms with Gasteiger partial charge in [-0.25, -0.2) is 9.18 Å². The van der Waals surface area contributed by atoms with Gasteiger partial charge in [0.1, 0.15) is 10.8 Å². The molecule has 0 fully saturated rings. The number of ether oxygens (including phenoxy) is 1. The Labute approximate surface area is 176 Å². The Morgan fingerprint density at radius 2 is 2.00 bits per heavy atom. The first kappa shape index (κ1) is 21.3. The SMILES string of the molecule is COC(=O)c1c(NC(=O)CCSc2ccc(F)cc2)sc2c1CCN(C(C)=O)C2. The van der Waals surface area contributed by atoms with E-state index in [4.69, 9.17) is 4.74 Å². The number of thiophene rings is 1. The maximum atomic E-state index is 12.9. The predicted octanol–water partition coefficient (Wildman–Crippen LogP) is 3.70. The number of thioether (sulfide) groups is 1. The number of amides is 2. The van der Waals surface area contributed by atoms with Gasteiger partial charge in [-0.15, -0.1) is 23.1 Å². The van der Waals surface area contributed by atoms with E-state index in [2.05, 4.69) is 5.32 Å². The molecule has 2 heterocycles. The quantitative estimate of drug-likeness (QED) is 0.552. The Bertz CT molecular complexity index is 927. The maximum Gasteiger partial charge on any atom is 0.341 e. The lowest BCUT2D eigenvalue weighted by molar-refractivity contribution is -0.129. The standard InChI is InChI=1S/C20H21FN2O4S2/c1-12(24)23-9-7-15-16(11-23)29-19(18(15)20(26)27-2)22-17(25)8-10-28-14-5-3-13(21)4-6-14/h3-6H,7-11H2,1-2H3,(H,22,25). The lowest BCUT2D eigenvalue weighted by Gasteiger charge is -2.25. The summed E-state index contributed by atoms with van der Waals surface area (Å²) >= 11 is 2.77. The zero-order chi connectivity index (χ0) is 21.0. The third-order valence-corrected chi connectivity index (χ3v) is 6.70. The number of carbonyl (C=O) groups excluding carboxylic acids is 3. The number of carbonyl (C=O) groups is 3. The zero-order valence-corrected chi connectivity index (χ0v) is 17.8. The molecule has 2 aromatic rings. The molecular formula is C20H21FN2O4S2. The van der Waals surface area contributed by atoms with Crippen molar-refractivity contribution in [2.24, 2.45) is 0 Å². The van der Waals surface area contributed by atoms with Crippen molar-refractivity contribution in [2.75, 3.05) is 24.7 Å². The molecule has 0 atom stereocenters. The molecule has 6 nitrogen and oxygen atoms in total. The van der Waals surface area contributed by atoms with Crippen molar-refractivity contribution >= 4 is 45.9 Å². The number of nitrogens with one attached hydrogen (secondary N) is 1. The number of hydrogen-bond acceptors (Lipinski definition) is 6. The summed E-state index contributed by atoms with van der Waals surface area (Å²) < 4.78 is 17.9. The topological polar surface area (TPSA) is 75.7 Å². The second-order valence-electron chi connectivity index (χ2n) is 6.49. The van der Waals surface area contributed by atoms with E-state index in [0.29, 0.717) is 35.8 Å². The molecule has 154 valence electrons. The Balaban J connectivity index is 1.67. The minimum absolute atomic E-state index is 0.0212. The van der Waals surface area contributed by atoms with E-state index in [1.807, 2.05) is 0 Å². The third-order valence-electron chi connectivity index (χ3n) is 4.56. The van der Waals surface area contributed by atoms with E-state index in [9.17, 15) is 18.8 Å². The van der Waals surface area contributed by atoms with Gasteiger partial charge in [-0.3, -0.25) is 9.59 Å². The number of methoxy groups -OCH3 is 1. The van der Waals surface area contributed by atoms with Crippen LogP contribution in [0.15, 0.2) is 29.2 Å². The summed E-state index contributed by atoms with van der Waals surface area (Å²) in [7, 11) is 1.31. The van der Waals surface area contributed by atoms with Gasteiger partial charge in [-0.2, -0.15) is 0 Å². The van der Waals surface area contributed by atoms with E-state index < -0.39 is 5.97 Å². The molecule has 0 saturated carbocycles. The van der Waals surface area contributed by atoms with Crippen LogP contribution in [0.3, 0.4) is 0 Å². The molecule has 0 spiro atoms. The Hall–Kier alpha value is -2.39. The Morgan fingerprint density at radius 3 is 2.66 bits per heavy atom. The smallest absolute Gasteiger partial charge is 0.341 e. The molecule has 1 aliphatic rings. The molecular weight excluding hydrogens is 415 g/mol. The summed E-state index contributed by atoms with van der Waals surface area (Å²) in [6, 6.07) is 6.10. The Kier molecular flexibility index (Phi) is 6.92. The summed E-state index contributed by atoms with van der Waals surface area (Å²) in [5.74, 6) is -0.505. The number of anilines is 1. The molecule has 0 bridgehead atoms. The van der Waals surface area contributed by atoms with Crippen molar-refractivity contribution in [1.82, 2.24) is 4.90 Å². The lowest BCUT2D eigenvalue weighted by Crippen LogP contribution is -2.33. The molecule has 29 heavy (non-hydrogen) atoms. The second kappa shape index (κ2) is 9.41. The average molecular weight is 437 g/mol. The van der Waals surface area contributed by atoms with Crippen molar-refractivity contribution in [3.05, 3.63) is 46.1 Å². The molecule has 3 rings (SSSR count). The average Bonchev–Trinajstić information content (AvgIpc) is 3.05. The molecule has 0 saturated heterocycles. The fraction of sp³-hybridized carbons (Fsp3) is 0.350. The lowest BCUT2D eigenvalue weighted by atomic mass is 10.0. The molecule has 9 heteroatoms. The molecule has 0 unspecified atom stereocenters. The van der Waals surface area contributed by atoms with Crippen LogP contribution < -0.4 is 5.32 Å². The molecule has 2 amide bonds. The number of benzene rings is 1. The number of halogens is 1. The second-order valence-corrected chi connectivity index (χ2v) is 8.76. The Morgan fingerprint density at radius 1 is 1.28 bits per heavy atom. The van der Waals surface area contributed by atoms with Crippen LogP contribution in [0, 0.1) is 5.82 Å². The van der Waals surface area contributed by atoms with E-state index >= 15 is 0 Å². The maximum absolute atomic E-state index is 12.9. The highest BCUT2D eigenvalue weighted by atomic mass is 32.2. The molecule has 0 radical (unpaired) electrons. The molecule has 0 aliphatic carbocycles. The predicted molar refractivity (Wildman–Crippen MR) is 111 cm³/mol. The van der Waals surface area contributed by atoms with Crippen LogP contribution in [0.4, 0.5) is 9.39 Å². The van der Waals surface area contributed by atoms with Gasteiger partial charge < -0.3 is 15.0 Å². The fourth-order valence-electron chi connectivity index (χ4n) is 3.06. The van der Waals surface area contributed by atoms with E-state index in [1.54, 1.807) is 17.0 Å². The van der Waals surface area contributed by atoms with Crippen molar-refractivity contribution in [3.63, 3.8) is 0 Å². The van der Waals surface area contributed by atoms with Crippen LogP contribution in [0.5, 0.6) is 0 Å². The first-order valence-electron chi connectivity index (χ1n) is 9.05. The van der Waals surface area contributed by atoms with Crippen LogP contribution in [0.2, 0.25) is 0 Å². The first-order valence-corrected chi connectivity index (χ1v) is 10.9. The van der Waals surface area contributed by atoms with Crippen LogP contribution in [0.1, 0.15) is 34.1 Å². The molecule has 1 aromatic heterocycles. The van der Waals surface area contributed by atoms with Gasteiger partial charge in [0.15, 0.2) is 0 Å². The summed E-state index contributed by atoms with van der Waals surface area (Å²) in [4.78, 5) is 39.9. The van der Waals surface area contributed by atoms with E-state index in [-0.39, 0.29) is 24.1 Å². The van der Waals surface area contributed by atoms with Crippen LogP contribution >= 0.6 is 23.1 Å². The van der Waals surface area contributed by atoms with Crippen LogP contribution in [0.25, 0.3) is 0 Å². The van der Waals surface area contributed by atoms with Gasteiger partial charge >= 0.3 is 5.97 Å². The minimum atomic E-state index is -0.491. The summed E-state index contributed by atoms with van der Waals surface area (Å²) in [5, 5.41) is 3.29. The van der Waals surface area contributed by atoms with Gasteiger partial charge in [-0.05, 0) is 36.2 Å². The highest BCUT2D eigenvalue weighted by Crippen LogP contribution is 2.37. The third kappa shape index (κ3) is 5.16. The summed E-state index contributed by atoms with van der Waals surface area (Å²) in [5.41, 5.74) is 1.23. The summed E-state index contributed by atoms with van der Waals surface area (Å²) in [6.45, 7) is 2.47. The number of fused-ring (bicyclic) bond motifs is 1. The van der Waals surface area contributed by atoms with Gasteiger partial charge in [0.05, 0.1) is 19.2 Å². The van der Waals surface area contributed by atoms with E-state index in [0.717, 1.165) is 15.3 Å². The largest absolute Gasteiger partial charge is 0.465 e. The van der Waals surface area contributed by atoms with Crippen molar-refractivity contribution in [3.8, 4) is 0 Å². The van der Waals surface area contributed by atoms with Gasteiger partial charge in [0, 0.05) is 35.4 Å². The van der Waals surface area contributed by atoms with E-state index in [1.165, 1.54) is 49.3 Å². The highest BCUT2D eigenvalue weighted by molar-refractivity contribution is 7.99. The highest BCUT2D eigenvalue weighted by Gasteiger charge is 2.29. The molecule has 1 aromatic carbocycles. The number of rotatable bonds is 6. The van der Waals surface area contributed by atoms with Crippen LogP contribution in [-0.2, 0) is 27.3 Å². The number of esters is 1. The minimum Gasteiger partial charge on any atom is -0.465 e. The fourth-order valence-corrected chi connectivity index (χ4v) is 5.18. The number of hydrogen-bond donors (Lipinski definition) is 1. The van der Waals surface area contributed by atoms with Crippen molar-refractivity contribution < 1.29 is 23.5 Å². The number of nitrogens with zero attached hydrogens (tertiary/aromatic N) is 1. The van der Waals surface area contributed by atoms with Crippen LogP contribution in [-0.4, -0.2) is 42.1 Å². The van der Waals surface area contributed by atoms with Gasteiger partial charge in [0.25, 0.3) is 0 Å². The van der Waals surface area contributed by atoms with Gasteiger partial charge in [0.2, 0.25) is 11.8 Å². The van der Waals surface area contributed by atoms with Crippen molar-refractivity contribution in [1.29, 1.82) is 0 Å². The zero-order valence-electron chi connectivity index (χ0n) is 16.1. The normalized spacial score (nSPS) is 13.0. The molecule has 1 aliphatic heterocycles. The summed E-state index contributed by atoms with van der Waals surface area (Å²) in [6.07, 6.45) is 0.789. The van der Waals surface area contributed by atoms with Crippen molar-refractivity contribution in [2.45, 2.75) is 31.2 Å². The molecule has 1 N–H and O–H groups in total. The first-order chi connectivity index (χ1) is 13.9. The van der Waals surface area contributed by atoms with Gasteiger partial charge in [-0.1, -0.05) is 0 Å². The monoisotopic (exact) mass is 436 g/mol.